The monoisotopic (exact) mass is 268 g/mol. The zero-order valence-corrected chi connectivity index (χ0v) is 10.2. The summed E-state index contributed by atoms with van der Waals surface area (Å²) < 4.78 is 13.0. The lowest BCUT2D eigenvalue weighted by Crippen LogP contribution is -2.14. The molecule has 18 heavy (non-hydrogen) atoms. The summed E-state index contributed by atoms with van der Waals surface area (Å²) in [7, 11) is 0. The normalized spacial score (nSPS) is 10.4. The Bertz CT molecular complexity index is 592. The average molecular weight is 269 g/mol. The number of halogens is 2. The van der Waals surface area contributed by atoms with Crippen LogP contribution < -0.4 is 11.1 Å². The summed E-state index contributed by atoms with van der Waals surface area (Å²) in [5, 5.41) is 9.01. The maximum absolute atomic E-state index is 13.0. The number of aryl methyl sites for hydroxylation is 1. The van der Waals surface area contributed by atoms with Crippen LogP contribution in [0.15, 0.2) is 18.2 Å². The van der Waals surface area contributed by atoms with E-state index in [9.17, 15) is 9.18 Å². The zero-order valence-electron chi connectivity index (χ0n) is 9.42. The Hall–Kier alpha value is -2.08. The molecule has 0 unspecified atom stereocenters. The van der Waals surface area contributed by atoms with Crippen LogP contribution in [0.2, 0.25) is 5.02 Å². The van der Waals surface area contributed by atoms with Gasteiger partial charge in [-0.05, 0) is 25.1 Å². The van der Waals surface area contributed by atoms with Gasteiger partial charge >= 0.3 is 0 Å². The number of nitrogen functional groups attached to an aromatic ring is 1. The molecule has 0 spiro atoms. The smallest absolute Gasteiger partial charge is 0.261 e. The Morgan fingerprint density at radius 1 is 1.56 bits per heavy atom. The van der Waals surface area contributed by atoms with Crippen LogP contribution in [0.25, 0.3) is 0 Å². The van der Waals surface area contributed by atoms with Crippen molar-refractivity contribution >= 4 is 29.0 Å². The molecule has 0 aliphatic rings. The number of aromatic nitrogens is 2. The van der Waals surface area contributed by atoms with Gasteiger partial charge < -0.3 is 11.1 Å². The van der Waals surface area contributed by atoms with Gasteiger partial charge in [-0.15, -0.1) is 0 Å². The van der Waals surface area contributed by atoms with Gasteiger partial charge in [0.05, 0.1) is 10.7 Å². The predicted molar refractivity (Wildman–Crippen MR) is 67.1 cm³/mol. The Morgan fingerprint density at radius 3 is 2.89 bits per heavy atom. The molecule has 0 saturated heterocycles. The van der Waals surface area contributed by atoms with Crippen molar-refractivity contribution in [3.63, 3.8) is 0 Å². The fourth-order valence-corrected chi connectivity index (χ4v) is 1.68. The van der Waals surface area contributed by atoms with Crippen LogP contribution in [-0.4, -0.2) is 16.1 Å². The Morgan fingerprint density at radius 2 is 2.28 bits per heavy atom. The molecule has 0 aliphatic carbocycles. The lowest BCUT2D eigenvalue weighted by Gasteiger charge is -2.07. The van der Waals surface area contributed by atoms with E-state index in [1.807, 2.05) is 0 Å². The predicted octanol–water partition coefficient (Wildman–Crippen LogP) is 2.35. The minimum Gasteiger partial charge on any atom is -0.382 e. The van der Waals surface area contributed by atoms with Crippen LogP contribution in [0, 0.1) is 12.7 Å². The average Bonchev–Trinajstić information content (AvgIpc) is 2.63. The molecule has 0 radical (unpaired) electrons. The van der Waals surface area contributed by atoms with E-state index < -0.39 is 11.7 Å². The van der Waals surface area contributed by atoms with E-state index in [0.29, 0.717) is 5.69 Å². The Labute approximate surface area is 107 Å². The van der Waals surface area contributed by atoms with Gasteiger partial charge in [-0.2, -0.15) is 5.10 Å². The van der Waals surface area contributed by atoms with Crippen LogP contribution in [-0.2, 0) is 0 Å². The molecule has 7 heteroatoms. The first-order valence-corrected chi connectivity index (χ1v) is 5.43. The highest BCUT2D eigenvalue weighted by Gasteiger charge is 2.17. The lowest BCUT2D eigenvalue weighted by atomic mass is 10.2. The molecule has 1 aromatic heterocycles. The summed E-state index contributed by atoms with van der Waals surface area (Å²) in [6.45, 7) is 1.66. The summed E-state index contributed by atoms with van der Waals surface area (Å²) in [4.78, 5) is 11.9. The largest absolute Gasteiger partial charge is 0.382 e. The maximum Gasteiger partial charge on any atom is 0.261 e. The third-order valence-corrected chi connectivity index (χ3v) is 2.71. The topological polar surface area (TPSA) is 83.8 Å². The summed E-state index contributed by atoms with van der Waals surface area (Å²) in [5.74, 6) is -0.907. The fraction of sp³-hybridized carbons (Fsp3) is 0.0909. The highest BCUT2D eigenvalue weighted by Crippen LogP contribution is 2.24. The minimum absolute atomic E-state index is 0.0810. The Kier molecular flexibility index (Phi) is 3.20. The number of nitrogens with one attached hydrogen (secondary N) is 2. The number of hydrogen-bond acceptors (Lipinski definition) is 3. The van der Waals surface area contributed by atoms with E-state index in [1.54, 1.807) is 6.92 Å². The second kappa shape index (κ2) is 4.66. The van der Waals surface area contributed by atoms with Gasteiger partial charge in [0.15, 0.2) is 5.82 Å². The van der Waals surface area contributed by atoms with Crippen LogP contribution in [0.3, 0.4) is 0 Å². The van der Waals surface area contributed by atoms with Crippen molar-refractivity contribution < 1.29 is 9.18 Å². The highest BCUT2D eigenvalue weighted by molar-refractivity contribution is 6.34. The fourth-order valence-electron chi connectivity index (χ4n) is 1.51. The molecular formula is C11H10ClFN4O. The van der Waals surface area contributed by atoms with Crippen molar-refractivity contribution in [2.75, 3.05) is 11.1 Å². The number of H-pyrrole nitrogens is 1. The summed E-state index contributed by atoms with van der Waals surface area (Å²) >= 11 is 5.85. The third-order valence-electron chi connectivity index (χ3n) is 2.38. The molecule has 4 N–H and O–H groups in total. The number of nitrogens with two attached hydrogens (primary N) is 1. The van der Waals surface area contributed by atoms with Gasteiger partial charge in [-0.3, -0.25) is 9.89 Å². The summed E-state index contributed by atoms with van der Waals surface area (Å²) in [6.07, 6.45) is 0. The second-order valence-electron chi connectivity index (χ2n) is 3.69. The van der Waals surface area contributed by atoms with E-state index in [2.05, 4.69) is 15.5 Å². The first kappa shape index (κ1) is 12.4. The molecule has 1 amide bonds. The van der Waals surface area contributed by atoms with Crippen LogP contribution in [0.5, 0.6) is 0 Å². The van der Waals surface area contributed by atoms with Crippen LogP contribution >= 0.6 is 11.6 Å². The zero-order chi connectivity index (χ0) is 13.3. The Balaban J connectivity index is 2.30. The van der Waals surface area contributed by atoms with Crippen molar-refractivity contribution in [3.8, 4) is 0 Å². The molecular weight excluding hydrogens is 259 g/mol. The molecule has 0 bridgehead atoms. The first-order valence-electron chi connectivity index (χ1n) is 5.06. The van der Waals surface area contributed by atoms with Crippen molar-refractivity contribution in [3.05, 3.63) is 40.3 Å². The van der Waals surface area contributed by atoms with Crippen molar-refractivity contribution in [2.24, 2.45) is 0 Å². The summed E-state index contributed by atoms with van der Waals surface area (Å²) in [5.41, 5.74) is 6.48. The molecule has 1 heterocycles. The van der Waals surface area contributed by atoms with Gasteiger partial charge in [-0.1, -0.05) is 11.6 Å². The van der Waals surface area contributed by atoms with Gasteiger partial charge in [0.1, 0.15) is 11.4 Å². The number of amides is 1. The second-order valence-corrected chi connectivity index (χ2v) is 4.09. The van der Waals surface area contributed by atoms with Gasteiger partial charge in [0.2, 0.25) is 0 Å². The number of hydrogen-bond donors (Lipinski definition) is 3. The number of nitrogens with zero attached hydrogens (tertiary/aromatic N) is 1. The van der Waals surface area contributed by atoms with Crippen molar-refractivity contribution in [1.29, 1.82) is 0 Å². The van der Waals surface area contributed by atoms with Gasteiger partial charge in [0, 0.05) is 5.69 Å². The van der Waals surface area contributed by atoms with Crippen LogP contribution in [0.1, 0.15) is 16.1 Å². The van der Waals surface area contributed by atoms with E-state index >= 15 is 0 Å². The van der Waals surface area contributed by atoms with Gasteiger partial charge in [-0.25, -0.2) is 4.39 Å². The molecule has 0 aliphatic heterocycles. The van der Waals surface area contributed by atoms with Gasteiger partial charge in [0.25, 0.3) is 5.91 Å². The number of rotatable bonds is 2. The molecule has 0 atom stereocenters. The number of aromatic amines is 1. The molecule has 0 fully saturated rings. The molecule has 2 aromatic rings. The third kappa shape index (κ3) is 2.28. The number of carbonyl (C=O) groups is 1. The quantitative estimate of drug-likeness (QED) is 0.782. The van der Waals surface area contributed by atoms with Crippen LogP contribution in [0.4, 0.5) is 15.9 Å². The van der Waals surface area contributed by atoms with E-state index in [1.165, 1.54) is 12.1 Å². The van der Waals surface area contributed by atoms with Crippen molar-refractivity contribution in [2.45, 2.75) is 6.92 Å². The minimum atomic E-state index is -0.494. The SMILES string of the molecule is Cc1[nH]nc(N)c1C(=O)Nc1cc(F)ccc1Cl. The van der Waals surface area contributed by atoms with E-state index in [4.69, 9.17) is 17.3 Å². The molecule has 5 nitrogen and oxygen atoms in total. The molecule has 94 valence electrons. The first-order chi connectivity index (χ1) is 8.49. The highest BCUT2D eigenvalue weighted by atomic mass is 35.5. The molecule has 2 rings (SSSR count). The van der Waals surface area contributed by atoms with E-state index in [-0.39, 0.29) is 22.1 Å². The number of carbonyl (C=O) groups excluding carboxylic acids is 1. The molecule has 0 saturated carbocycles. The maximum atomic E-state index is 13.0. The lowest BCUT2D eigenvalue weighted by molar-refractivity contribution is 0.102. The summed E-state index contributed by atoms with van der Waals surface area (Å²) in [6, 6.07) is 3.69. The number of benzene rings is 1. The van der Waals surface area contributed by atoms with E-state index in [0.717, 1.165) is 6.07 Å². The number of anilines is 2. The van der Waals surface area contributed by atoms with Crippen molar-refractivity contribution in [1.82, 2.24) is 10.2 Å². The standard InChI is InChI=1S/C11H10ClFN4O/c1-5-9(10(14)17-16-5)11(18)15-8-4-6(13)2-3-7(8)12/h2-4H,1H3,(H,15,18)(H3,14,16,17). The molecule has 1 aromatic carbocycles.